The summed E-state index contributed by atoms with van der Waals surface area (Å²) in [4.78, 5) is 20.3. The van der Waals surface area contributed by atoms with Crippen molar-refractivity contribution in [3.8, 4) is 11.1 Å². The van der Waals surface area contributed by atoms with Gasteiger partial charge >= 0.3 is 0 Å². The van der Waals surface area contributed by atoms with E-state index in [1.54, 1.807) is 12.3 Å². The van der Waals surface area contributed by atoms with Crippen LogP contribution in [0.5, 0.6) is 0 Å². The average Bonchev–Trinajstić information content (AvgIpc) is 2.95. The summed E-state index contributed by atoms with van der Waals surface area (Å²) in [5, 5.41) is 5.97. The van der Waals surface area contributed by atoms with Gasteiger partial charge < -0.3 is 10.6 Å². The molecule has 3 heterocycles. The third-order valence-electron chi connectivity index (χ3n) is 3.32. The number of aromatic nitrogens is 2. The molecule has 102 valence electrons. The highest BCUT2D eigenvalue weighted by molar-refractivity contribution is 5.92. The fourth-order valence-corrected chi connectivity index (χ4v) is 2.28. The number of hydrogen-bond acceptors (Lipinski definition) is 4. The van der Waals surface area contributed by atoms with Gasteiger partial charge in [-0.1, -0.05) is 6.07 Å². The summed E-state index contributed by atoms with van der Waals surface area (Å²) >= 11 is 0. The Labute approximate surface area is 117 Å². The summed E-state index contributed by atoms with van der Waals surface area (Å²) in [6.45, 7) is 3.43. The third-order valence-corrected chi connectivity index (χ3v) is 3.32. The zero-order valence-corrected chi connectivity index (χ0v) is 11.3. The first kappa shape index (κ1) is 12.6. The first-order valence-electron chi connectivity index (χ1n) is 6.75. The van der Waals surface area contributed by atoms with E-state index in [1.807, 2.05) is 19.2 Å². The topological polar surface area (TPSA) is 66.9 Å². The smallest absolute Gasteiger partial charge is 0.269 e. The first-order chi connectivity index (χ1) is 9.78. The van der Waals surface area contributed by atoms with Crippen LogP contribution in [0.4, 0.5) is 5.82 Å². The minimum atomic E-state index is -0.143. The number of amides is 1. The minimum absolute atomic E-state index is 0.143. The molecule has 20 heavy (non-hydrogen) atoms. The number of pyridine rings is 2. The van der Waals surface area contributed by atoms with E-state index in [2.05, 4.69) is 26.7 Å². The number of carbonyl (C=O) groups is 1. The van der Waals surface area contributed by atoms with Crippen LogP contribution >= 0.6 is 0 Å². The van der Waals surface area contributed by atoms with Crippen LogP contribution in [0.15, 0.2) is 30.6 Å². The van der Waals surface area contributed by atoms with Gasteiger partial charge in [0, 0.05) is 36.6 Å². The van der Waals surface area contributed by atoms with Gasteiger partial charge in [-0.3, -0.25) is 9.78 Å². The van der Waals surface area contributed by atoms with Crippen molar-refractivity contribution in [2.24, 2.45) is 0 Å². The molecule has 1 aliphatic heterocycles. The fraction of sp³-hybridized carbons (Fsp3) is 0.267. The Morgan fingerprint density at radius 1 is 1.30 bits per heavy atom. The number of nitrogens with zero attached hydrogens (tertiary/aromatic N) is 2. The van der Waals surface area contributed by atoms with Crippen molar-refractivity contribution in [2.75, 3.05) is 18.4 Å². The molecule has 0 aromatic carbocycles. The molecule has 0 saturated carbocycles. The van der Waals surface area contributed by atoms with E-state index in [9.17, 15) is 4.79 Å². The Morgan fingerprint density at radius 3 is 2.90 bits per heavy atom. The Balaban J connectivity index is 1.86. The lowest BCUT2D eigenvalue weighted by Gasteiger charge is -2.05. The molecule has 5 heteroatoms. The molecule has 0 radical (unpaired) electrons. The van der Waals surface area contributed by atoms with Crippen LogP contribution in [0.2, 0.25) is 0 Å². The highest BCUT2D eigenvalue weighted by Gasteiger charge is 2.12. The van der Waals surface area contributed by atoms with Crippen molar-refractivity contribution in [3.63, 3.8) is 0 Å². The normalized spacial score (nSPS) is 12.7. The number of rotatable bonds is 3. The quantitative estimate of drug-likeness (QED) is 0.891. The second-order valence-electron chi connectivity index (χ2n) is 4.70. The summed E-state index contributed by atoms with van der Waals surface area (Å²) in [6, 6.07) is 5.78. The number of hydrogen-bond donors (Lipinski definition) is 2. The maximum atomic E-state index is 11.7. The second kappa shape index (κ2) is 5.28. The van der Waals surface area contributed by atoms with Crippen LogP contribution in [-0.4, -0.2) is 29.0 Å². The molecule has 0 unspecified atom stereocenters. The predicted molar refractivity (Wildman–Crippen MR) is 77.7 cm³/mol. The standard InChI is InChI=1S/C15H16N4O/c1-2-16-15(20)13-4-3-11(8-18-13)12-7-10-5-6-17-14(10)19-9-12/h3-4,7-9H,2,5-6H2,1H3,(H,16,20)(H,17,19). The fourth-order valence-electron chi connectivity index (χ4n) is 2.28. The molecule has 0 fully saturated rings. The molecule has 2 aromatic rings. The van der Waals surface area contributed by atoms with Gasteiger partial charge in [-0.15, -0.1) is 0 Å². The zero-order valence-electron chi connectivity index (χ0n) is 11.3. The molecule has 1 amide bonds. The number of anilines is 1. The molecule has 2 aromatic heterocycles. The molecule has 0 saturated heterocycles. The summed E-state index contributed by atoms with van der Waals surface area (Å²) in [7, 11) is 0. The molecule has 0 spiro atoms. The van der Waals surface area contributed by atoms with Crippen LogP contribution in [0.25, 0.3) is 11.1 Å². The summed E-state index contributed by atoms with van der Waals surface area (Å²) in [5.41, 5.74) is 3.67. The van der Waals surface area contributed by atoms with Crippen molar-refractivity contribution < 1.29 is 4.79 Å². The molecule has 1 aliphatic rings. The van der Waals surface area contributed by atoms with E-state index >= 15 is 0 Å². The van der Waals surface area contributed by atoms with Crippen LogP contribution in [0, 0.1) is 0 Å². The Morgan fingerprint density at radius 2 is 2.15 bits per heavy atom. The van der Waals surface area contributed by atoms with Gasteiger partial charge in [-0.2, -0.15) is 0 Å². The predicted octanol–water partition coefficient (Wildman–Crippen LogP) is 1.86. The van der Waals surface area contributed by atoms with E-state index in [0.717, 1.165) is 29.9 Å². The van der Waals surface area contributed by atoms with Gasteiger partial charge in [-0.25, -0.2) is 4.98 Å². The lowest BCUT2D eigenvalue weighted by Crippen LogP contribution is -2.23. The van der Waals surface area contributed by atoms with Crippen LogP contribution in [0.3, 0.4) is 0 Å². The van der Waals surface area contributed by atoms with E-state index in [4.69, 9.17) is 0 Å². The van der Waals surface area contributed by atoms with E-state index in [1.165, 1.54) is 5.56 Å². The third kappa shape index (κ3) is 2.34. The number of nitrogens with one attached hydrogen (secondary N) is 2. The lowest BCUT2D eigenvalue weighted by molar-refractivity contribution is 0.0951. The van der Waals surface area contributed by atoms with E-state index < -0.39 is 0 Å². The highest BCUT2D eigenvalue weighted by Crippen LogP contribution is 2.25. The van der Waals surface area contributed by atoms with E-state index in [-0.39, 0.29) is 5.91 Å². The Kier molecular flexibility index (Phi) is 3.33. The number of carbonyl (C=O) groups excluding carboxylic acids is 1. The van der Waals surface area contributed by atoms with E-state index in [0.29, 0.717) is 12.2 Å². The molecular weight excluding hydrogens is 252 g/mol. The van der Waals surface area contributed by atoms with Gasteiger partial charge in [0.05, 0.1) is 0 Å². The van der Waals surface area contributed by atoms with Crippen molar-refractivity contribution in [2.45, 2.75) is 13.3 Å². The van der Waals surface area contributed by atoms with Crippen molar-refractivity contribution in [3.05, 3.63) is 41.9 Å². The Bertz CT molecular complexity index is 637. The Hall–Kier alpha value is -2.43. The summed E-state index contributed by atoms with van der Waals surface area (Å²) in [5.74, 6) is 0.830. The zero-order chi connectivity index (χ0) is 13.9. The maximum Gasteiger partial charge on any atom is 0.269 e. The van der Waals surface area contributed by atoms with Gasteiger partial charge in [0.2, 0.25) is 0 Å². The van der Waals surface area contributed by atoms with Crippen LogP contribution < -0.4 is 10.6 Å². The maximum absolute atomic E-state index is 11.7. The SMILES string of the molecule is CCNC(=O)c1ccc(-c2cnc3c(c2)CCN3)cn1. The van der Waals surface area contributed by atoms with Crippen molar-refractivity contribution >= 4 is 11.7 Å². The second-order valence-corrected chi connectivity index (χ2v) is 4.70. The number of fused-ring (bicyclic) bond motifs is 1. The first-order valence-corrected chi connectivity index (χ1v) is 6.75. The molecular formula is C15H16N4O. The molecule has 2 N–H and O–H groups in total. The van der Waals surface area contributed by atoms with Crippen LogP contribution in [-0.2, 0) is 6.42 Å². The summed E-state index contributed by atoms with van der Waals surface area (Å²) < 4.78 is 0. The molecule has 0 aliphatic carbocycles. The van der Waals surface area contributed by atoms with Crippen molar-refractivity contribution in [1.82, 2.24) is 15.3 Å². The van der Waals surface area contributed by atoms with Gasteiger partial charge in [0.15, 0.2) is 0 Å². The summed E-state index contributed by atoms with van der Waals surface area (Å²) in [6.07, 6.45) is 4.55. The molecule has 0 atom stereocenters. The average molecular weight is 268 g/mol. The van der Waals surface area contributed by atoms with Crippen molar-refractivity contribution in [1.29, 1.82) is 0 Å². The van der Waals surface area contributed by atoms with Gasteiger partial charge in [0.1, 0.15) is 11.5 Å². The molecule has 5 nitrogen and oxygen atoms in total. The molecule has 3 rings (SSSR count). The lowest BCUT2D eigenvalue weighted by atomic mass is 10.1. The largest absolute Gasteiger partial charge is 0.370 e. The van der Waals surface area contributed by atoms with Gasteiger partial charge in [-0.05, 0) is 31.0 Å². The van der Waals surface area contributed by atoms with Gasteiger partial charge in [0.25, 0.3) is 5.91 Å². The minimum Gasteiger partial charge on any atom is -0.370 e. The van der Waals surface area contributed by atoms with Crippen LogP contribution in [0.1, 0.15) is 23.0 Å². The monoisotopic (exact) mass is 268 g/mol. The highest BCUT2D eigenvalue weighted by atomic mass is 16.1. The molecule has 0 bridgehead atoms.